The molecule has 1 fully saturated rings. The van der Waals surface area contributed by atoms with Gasteiger partial charge in [-0.05, 0) is 6.07 Å². The zero-order valence-corrected chi connectivity index (χ0v) is 11.1. The molecule has 1 amide bonds. The van der Waals surface area contributed by atoms with Crippen molar-refractivity contribution in [2.75, 3.05) is 23.4 Å². The number of aromatic carboxylic acids is 1. The standard InChI is InChI=1S/C12H12F2N2O3S/c13-7-3-6(12(18)19)9(4-8(7)14)16-11(17)10-5-20-2-1-15-10/h3-4,10,15H,1-2,5H2,(H,16,17)(H,18,19). The third-order valence-electron chi connectivity index (χ3n) is 2.79. The van der Waals surface area contributed by atoms with E-state index in [2.05, 4.69) is 10.6 Å². The summed E-state index contributed by atoms with van der Waals surface area (Å²) in [5, 5.41) is 14.2. The molecule has 1 aromatic carbocycles. The van der Waals surface area contributed by atoms with Crippen molar-refractivity contribution in [1.29, 1.82) is 0 Å². The third-order valence-corrected chi connectivity index (χ3v) is 3.85. The number of carbonyl (C=O) groups excluding carboxylic acids is 1. The Labute approximate surface area is 117 Å². The van der Waals surface area contributed by atoms with Crippen molar-refractivity contribution in [3.05, 3.63) is 29.3 Å². The monoisotopic (exact) mass is 302 g/mol. The zero-order chi connectivity index (χ0) is 14.7. The van der Waals surface area contributed by atoms with Crippen LogP contribution in [0.15, 0.2) is 12.1 Å². The van der Waals surface area contributed by atoms with E-state index in [9.17, 15) is 18.4 Å². The largest absolute Gasteiger partial charge is 0.478 e. The number of hydrogen-bond donors (Lipinski definition) is 3. The van der Waals surface area contributed by atoms with E-state index in [1.54, 1.807) is 11.8 Å². The molecule has 1 heterocycles. The molecule has 3 N–H and O–H groups in total. The average molecular weight is 302 g/mol. The number of rotatable bonds is 3. The molecule has 1 unspecified atom stereocenters. The second-order valence-electron chi connectivity index (χ2n) is 4.19. The van der Waals surface area contributed by atoms with E-state index in [-0.39, 0.29) is 5.69 Å². The van der Waals surface area contributed by atoms with Crippen LogP contribution in [0.1, 0.15) is 10.4 Å². The molecular formula is C12H12F2N2O3S. The van der Waals surface area contributed by atoms with E-state index in [1.165, 1.54) is 0 Å². The topological polar surface area (TPSA) is 78.4 Å². The third kappa shape index (κ3) is 3.26. The van der Waals surface area contributed by atoms with Gasteiger partial charge in [0, 0.05) is 24.1 Å². The molecular weight excluding hydrogens is 290 g/mol. The Kier molecular flexibility index (Phi) is 4.56. The molecule has 1 saturated heterocycles. The first kappa shape index (κ1) is 14.7. The molecule has 1 aliphatic heterocycles. The number of hydrogen-bond acceptors (Lipinski definition) is 4. The van der Waals surface area contributed by atoms with Gasteiger partial charge in [-0.15, -0.1) is 0 Å². The minimum absolute atomic E-state index is 0.251. The van der Waals surface area contributed by atoms with Crippen molar-refractivity contribution in [2.24, 2.45) is 0 Å². The van der Waals surface area contributed by atoms with Crippen LogP contribution in [0.25, 0.3) is 0 Å². The fourth-order valence-electron chi connectivity index (χ4n) is 1.78. The van der Waals surface area contributed by atoms with Gasteiger partial charge >= 0.3 is 5.97 Å². The molecule has 1 atom stereocenters. The van der Waals surface area contributed by atoms with Crippen molar-refractivity contribution < 1.29 is 23.5 Å². The number of halogens is 2. The van der Waals surface area contributed by atoms with Gasteiger partial charge in [-0.25, -0.2) is 13.6 Å². The van der Waals surface area contributed by atoms with E-state index in [4.69, 9.17) is 5.11 Å². The minimum Gasteiger partial charge on any atom is -0.478 e. The summed E-state index contributed by atoms with van der Waals surface area (Å²) in [6, 6.07) is 0.742. The highest BCUT2D eigenvalue weighted by Crippen LogP contribution is 2.21. The molecule has 0 radical (unpaired) electrons. The Hall–Kier alpha value is -1.67. The first-order valence-corrected chi connectivity index (χ1v) is 6.99. The van der Waals surface area contributed by atoms with Crippen molar-refractivity contribution in [2.45, 2.75) is 6.04 Å². The summed E-state index contributed by atoms with van der Waals surface area (Å²) in [5.41, 5.74) is -0.737. The van der Waals surface area contributed by atoms with Gasteiger partial charge in [0.2, 0.25) is 5.91 Å². The van der Waals surface area contributed by atoms with Gasteiger partial charge < -0.3 is 15.7 Å². The predicted molar refractivity (Wildman–Crippen MR) is 71.1 cm³/mol. The molecule has 1 aliphatic rings. The van der Waals surface area contributed by atoms with Gasteiger partial charge in [-0.3, -0.25) is 4.79 Å². The maximum atomic E-state index is 13.2. The van der Waals surface area contributed by atoms with E-state index in [0.29, 0.717) is 24.4 Å². The van der Waals surface area contributed by atoms with Crippen molar-refractivity contribution in [1.82, 2.24) is 5.32 Å². The lowest BCUT2D eigenvalue weighted by atomic mass is 10.1. The summed E-state index contributed by atoms with van der Waals surface area (Å²) >= 11 is 1.58. The fourth-order valence-corrected chi connectivity index (χ4v) is 2.71. The summed E-state index contributed by atoms with van der Waals surface area (Å²) in [6.07, 6.45) is 0. The van der Waals surface area contributed by atoms with Gasteiger partial charge in [0.15, 0.2) is 11.6 Å². The fraction of sp³-hybridized carbons (Fsp3) is 0.333. The van der Waals surface area contributed by atoms with E-state index >= 15 is 0 Å². The molecule has 0 bridgehead atoms. The lowest BCUT2D eigenvalue weighted by Gasteiger charge is -2.22. The second kappa shape index (κ2) is 6.19. The van der Waals surface area contributed by atoms with E-state index in [0.717, 1.165) is 5.75 Å². The number of carbonyl (C=O) groups is 2. The molecule has 5 nitrogen and oxygen atoms in total. The van der Waals surface area contributed by atoms with Crippen molar-refractivity contribution in [3.8, 4) is 0 Å². The summed E-state index contributed by atoms with van der Waals surface area (Å²) in [5.74, 6) is -2.97. The predicted octanol–water partition coefficient (Wildman–Crippen LogP) is 1.31. The van der Waals surface area contributed by atoms with Crippen LogP contribution < -0.4 is 10.6 Å². The van der Waals surface area contributed by atoms with E-state index in [1.807, 2.05) is 0 Å². The summed E-state index contributed by atoms with van der Waals surface area (Å²) in [4.78, 5) is 22.9. The highest BCUT2D eigenvalue weighted by atomic mass is 32.2. The van der Waals surface area contributed by atoms with Crippen molar-refractivity contribution in [3.63, 3.8) is 0 Å². The van der Waals surface area contributed by atoms with Crippen LogP contribution in [0.5, 0.6) is 0 Å². The van der Waals surface area contributed by atoms with Crippen LogP contribution in [-0.4, -0.2) is 41.1 Å². The number of benzene rings is 1. The maximum absolute atomic E-state index is 13.2. The first-order valence-electron chi connectivity index (χ1n) is 5.83. The Balaban J connectivity index is 2.21. The number of amides is 1. The molecule has 0 saturated carbocycles. The average Bonchev–Trinajstić information content (AvgIpc) is 2.43. The lowest BCUT2D eigenvalue weighted by molar-refractivity contribution is -0.117. The van der Waals surface area contributed by atoms with Gasteiger partial charge in [-0.1, -0.05) is 0 Å². The number of anilines is 1. The summed E-state index contributed by atoms with van der Waals surface area (Å²) in [6.45, 7) is 0.659. The molecule has 108 valence electrons. The first-order chi connectivity index (χ1) is 9.49. The summed E-state index contributed by atoms with van der Waals surface area (Å²) < 4.78 is 26.2. The highest BCUT2D eigenvalue weighted by molar-refractivity contribution is 7.99. The highest BCUT2D eigenvalue weighted by Gasteiger charge is 2.23. The van der Waals surface area contributed by atoms with Crippen LogP contribution in [0.4, 0.5) is 14.5 Å². The Morgan fingerprint density at radius 3 is 2.65 bits per heavy atom. The maximum Gasteiger partial charge on any atom is 0.337 e. The molecule has 2 rings (SSSR count). The number of thioether (sulfide) groups is 1. The molecule has 0 aromatic heterocycles. The van der Waals surface area contributed by atoms with Gasteiger partial charge in [-0.2, -0.15) is 11.8 Å². The Morgan fingerprint density at radius 1 is 1.35 bits per heavy atom. The normalized spacial score (nSPS) is 18.6. The SMILES string of the molecule is O=C(O)c1cc(F)c(F)cc1NC(=O)C1CSCCN1. The van der Waals surface area contributed by atoms with Gasteiger partial charge in [0.1, 0.15) is 0 Å². The van der Waals surface area contributed by atoms with Crippen LogP contribution in [0.3, 0.4) is 0 Å². The van der Waals surface area contributed by atoms with Gasteiger partial charge in [0.25, 0.3) is 0 Å². The van der Waals surface area contributed by atoms with Crippen LogP contribution in [0.2, 0.25) is 0 Å². The molecule has 8 heteroatoms. The molecule has 20 heavy (non-hydrogen) atoms. The number of carboxylic acids is 1. The summed E-state index contributed by atoms with van der Waals surface area (Å²) in [7, 11) is 0. The smallest absolute Gasteiger partial charge is 0.337 e. The van der Waals surface area contributed by atoms with Crippen LogP contribution in [-0.2, 0) is 4.79 Å². The number of nitrogens with one attached hydrogen (secondary N) is 2. The van der Waals surface area contributed by atoms with Crippen LogP contribution in [0, 0.1) is 11.6 Å². The van der Waals surface area contributed by atoms with Gasteiger partial charge in [0.05, 0.1) is 17.3 Å². The second-order valence-corrected chi connectivity index (χ2v) is 5.34. The number of carboxylic acid groups (broad SMARTS) is 1. The molecule has 0 spiro atoms. The zero-order valence-electron chi connectivity index (χ0n) is 10.3. The minimum atomic E-state index is -1.44. The van der Waals surface area contributed by atoms with Crippen LogP contribution >= 0.6 is 11.8 Å². The van der Waals surface area contributed by atoms with E-state index < -0.39 is 35.1 Å². The van der Waals surface area contributed by atoms with Crippen molar-refractivity contribution >= 4 is 29.3 Å². The Bertz CT molecular complexity index is 548. The Morgan fingerprint density at radius 2 is 2.05 bits per heavy atom. The molecule has 0 aliphatic carbocycles. The molecule has 1 aromatic rings. The quantitative estimate of drug-likeness (QED) is 0.784. The lowest BCUT2D eigenvalue weighted by Crippen LogP contribution is -2.46.